The number of aliphatic hydroxyl groups is 1. The van der Waals surface area contributed by atoms with Gasteiger partial charge in [-0.1, -0.05) is 25.5 Å². The lowest BCUT2D eigenvalue weighted by Crippen LogP contribution is -2.07. The van der Waals surface area contributed by atoms with Gasteiger partial charge < -0.3 is 10.8 Å². The third kappa shape index (κ3) is 2.71. The van der Waals surface area contributed by atoms with E-state index in [1.807, 2.05) is 18.2 Å². The van der Waals surface area contributed by atoms with Crippen LogP contribution in [0, 0.1) is 0 Å². The van der Waals surface area contributed by atoms with Crippen molar-refractivity contribution in [3.05, 3.63) is 30.0 Å². The molecule has 0 saturated heterocycles. The van der Waals surface area contributed by atoms with Crippen LogP contribution in [0.2, 0.25) is 0 Å². The third-order valence-electron chi connectivity index (χ3n) is 3.65. The van der Waals surface area contributed by atoms with Crippen LogP contribution in [0.4, 0.5) is 5.82 Å². The monoisotopic (exact) mass is 316 g/mol. The summed E-state index contributed by atoms with van der Waals surface area (Å²) in [4.78, 5) is 4.71. The third-order valence-corrected chi connectivity index (χ3v) is 4.70. The molecule has 0 fully saturated rings. The molecule has 0 atom stereocenters. The molecular formula is C16H20N4OS. The summed E-state index contributed by atoms with van der Waals surface area (Å²) >= 11 is 1.64. The number of nitrogens with two attached hydrogens (primary N) is 1. The Bertz CT molecular complexity index is 745. The number of nitrogen functional groups attached to an aromatic ring is 1. The molecule has 6 heteroatoms. The Morgan fingerprint density at radius 3 is 2.86 bits per heavy atom. The van der Waals surface area contributed by atoms with Crippen LogP contribution in [0.5, 0.6) is 0 Å². The van der Waals surface area contributed by atoms with Crippen LogP contribution in [-0.4, -0.2) is 26.5 Å². The van der Waals surface area contributed by atoms with E-state index >= 15 is 0 Å². The average molecular weight is 316 g/mol. The van der Waals surface area contributed by atoms with Gasteiger partial charge in [-0.05, 0) is 25.0 Å². The van der Waals surface area contributed by atoms with E-state index in [2.05, 4.69) is 18.1 Å². The van der Waals surface area contributed by atoms with Crippen LogP contribution >= 0.6 is 11.3 Å². The first kappa shape index (κ1) is 15.0. The van der Waals surface area contributed by atoms with E-state index in [9.17, 15) is 5.11 Å². The number of unbranched alkanes of at least 4 members (excludes halogenated alkanes) is 1. The number of aliphatic hydroxyl groups excluding tert-OH is 1. The summed E-state index contributed by atoms with van der Waals surface area (Å²) in [6.45, 7) is 2.60. The first-order valence-corrected chi connectivity index (χ1v) is 8.38. The zero-order valence-electron chi connectivity index (χ0n) is 12.6. The Kier molecular flexibility index (Phi) is 4.40. The van der Waals surface area contributed by atoms with Crippen molar-refractivity contribution >= 4 is 27.4 Å². The summed E-state index contributed by atoms with van der Waals surface area (Å²) in [6.07, 6.45) is 3.05. The summed E-state index contributed by atoms with van der Waals surface area (Å²) in [5.41, 5.74) is 9.17. The standard InChI is InChI=1S/C16H20N4OS/c1-2-3-6-12-14(15(17)20(19-12)9-10-21)16-18-11-7-4-5-8-13(11)22-16/h4-5,7-8,21H,2-3,6,9-10,17H2,1H3. The lowest BCUT2D eigenvalue weighted by atomic mass is 10.1. The molecule has 0 saturated carbocycles. The molecular weight excluding hydrogens is 296 g/mol. The second-order valence-corrected chi connectivity index (χ2v) is 6.27. The molecule has 2 aromatic heterocycles. The van der Waals surface area contributed by atoms with Gasteiger partial charge in [-0.15, -0.1) is 11.3 Å². The summed E-state index contributed by atoms with van der Waals surface area (Å²) in [7, 11) is 0. The van der Waals surface area contributed by atoms with Crippen molar-refractivity contribution in [2.75, 3.05) is 12.3 Å². The number of aromatic nitrogens is 3. The summed E-state index contributed by atoms with van der Waals surface area (Å²) < 4.78 is 2.83. The highest BCUT2D eigenvalue weighted by molar-refractivity contribution is 7.21. The van der Waals surface area contributed by atoms with Crippen molar-refractivity contribution in [2.24, 2.45) is 0 Å². The molecule has 0 bridgehead atoms. The Labute approximate surface area is 133 Å². The Morgan fingerprint density at radius 1 is 1.32 bits per heavy atom. The number of benzene rings is 1. The molecule has 0 radical (unpaired) electrons. The normalized spacial score (nSPS) is 11.4. The number of fused-ring (bicyclic) bond motifs is 1. The molecule has 5 nitrogen and oxygen atoms in total. The number of aryl methyl sites for hydroxylation is 1. The highest BCUT2D eigenvalue weighted by Crippen LogP contribution is 2.36. The van der Waals surface area contributed by atoms with Gasteiger partial charge in [0.15, 0.2) is 0 Å². The lowest BCUT2D eigenvalue weighted by Gasteiger charge is -2.01. The minimum Gasteiger partial charge on any atom is -0.394 e. The number of nitrogens with zero attached hydrogens (tertiary/aromatic N) is 3. The lowest BCUT2D eigenvalue weighted by molar-refractivity contribution is 0.270. The molecule has 3 N–H and O–H groups in total. The van der Waals surface area contributed by atoms with Gasteiger partial charge in [0.25, 0.3) is 0 Å². The second-order valence-electron chi connectivity index (χ2n) is 5.24. The Hall–Kier alpha value is -1.92. The van der Waals surface area contributed by atoms with Gasteiger partial charge in [-0.25, -0.2) is 9.67 Å². The van der Waals surface area contributed by atoms with Crippen molar-refractivity contribution in [1.29, 1.82) is 0 Å². The molecule has 0 aliphatic carbocycles. The number of thiazole rings is 1. The van der Waals surface area contributed by atoms with Crippen LogP contribution in [0.1, 0.15) is 25.5 Å². The zero-order chi connectivity index (χ0) is 15.5. The van der Waals surface area contributed by atoms with Crippen molar-refractivity contribution in [3.8, 4) is 10.6 Å². The molecule has 116 valence electrons. The minimum absolute atomic E-state index is 0.0262. The first-order valence-electron chi connectivity index (χ1n) is 7.56. The van der Waals surface area contributed by atoms with Gasteiger partial charge in [0, 0.05) is 0 Å². The van der Waals surface area contributed by atoms with E-state index in [0.29, 0.717) is 12.4 Å². The van der Waals surface area contributed by atoms with Crippen molar-refractivity contribution in [2.45, 2.75) is 32.7 Å². The van der Waals surface area contributed by atoms with Crippen LogP contribution in [0.15, 0.2) is 24.3 Å². The highest BCUT2D eigenvalue weighted by atomic mass is 32.1. The van der Waals surface area contributed by atoms with Crippen molar-refractivity contribution < 1.29 is 5.11 Å². The summed E-state index contributed by atoms with van der Waals surface area (Å²) in [5.74, 6) is 0.596. The summed E-state index contributed by atoms with van der Waals surface area (Å²) in [6, 6.07) is 8.08. The number of anilines is 1. The van der Waals surface area contributed by atoms with Gasteiger partial charge in [0.2, 0.25) is 0 Å². The largest absolute Gasteiger partial charge is 0.394 e. The van der Waals surface area contributed by atoms with E-state index in [1.165, 1.54) is 0 Å². The van der Waals surface area contributed by atoms with E-state index in [4.69, 9.17) is 10.7 Å². The van der Waals surface area contributed by atoms with Gasteiger partial charge in [0.1, 0.15) is 10.8 Å². The molecule has 3 rings (SSSR count). The molecule has 3 aromatic rings. The SMILES string of the molecule is CCCCc1nn(CCO)c(N)c1-c1nc2ccccc2s1. The first-order chi connectivity index (χ1) is 10.7. The fourth-order valence-corrected chi connectivity index (χ4v) is 3.56. The number of para-hydroxylation sites is 1. The smallest absolute Gasteiger partial charge is 0.132 e. The van der Waals surface area contributed by atoms with Gasteiger partial charge in [-0.3, -0.25) is 0 Å². The summed E-state index contributed by atoms with van der Waals surface area (Å²) in [5, 5.41) is 14.7. The maximum Gasteiger partial charge on any atom is 0.132 e. The number of hydrogen-bond donors (Lipinski definition) is 2. The molecule has 0 aliphatic rings. The van der Waals surface area contributed by atoms with Gasteiger partial charge >= 0.3 is 0 Å². The van der Waals surface area contributed by atoms with Crippen LogP contribution < -0.4 is 5.73 Å². The predicted molar refractivity (Wildman–Crippen MR) is 91.0 cm³/mol. The molecule has 0 unspecified atom stereocenters. The highest BCUT2D eigenvalue weighted by Gasteiger charge is 2.20. The number of hydrogen-bond acceptors (Lipinski definition) is 5. The Balaban J connectivity index is 2.10. The molecule has 2 heterocycles. The van der Waals surface area contributed by atoms with Gasteiger partial charge in [0.05, 0.1) is 34.6 Å². The molecule has 1 aromatic carbocycles. The van der Waals surface area contributed by atoms with Crippen LogP contribution in [0.25, 0.3) is 20.8 Å². The maximum absolute atomic E-state index is 9.18. The Morgan fingerprint density at radius 2 is 2.14 bits per heavy atom. The molecule has 0 amide bonds. The fourth-order valence-electron chi connectivity index (χ4n) is 2.52. The van der Waals surface area contributed by atoms with E-state index in [-0.39, 0.29) is 6.61 Å². The zero-order valence-corrected chi connectivity index (χ0v) is 13.4. The van der Waals surface area contributed by atoms with E-state index in [1.54, 1.807) is 16.0 Å². The molecule has 22 heavy (non-hydrogen) atoms. The van der Waals surface area contributed by atoms with Crippen LogP contribution in [-0.2, 0) is 13.0 Å². The number of rotatable bonds is 6. The van der Waals surface area contributed by atoms with Crippen LogP contribution in [0.3, 0.4) is 0 Å². The minimum atomic E-state index is 0.0262. The van der Waals surface area contributed by atoms with Crippen molar-refractivity contribution in [1.82, 2.24) is 14.8 Å². The second kappa shape index (κ2) is 6.46. The predicted octanol–water partition coefficient (Wildman–Crippen LogP) is 3.08. The maximum atomic E-state index is 9.18. The van der Waals surface area contributed by atoms with E-state index in [0.717, 1.165) is 45.7 Å². The topological polar surface area (TPSA) is 77.0 Å². The fraction of sp³-hybridized carbons (Fsp3) is 0.375. The van der Waals surface area contributed by atoms with E-state index < -0.39 is 0 Å². The molecule has 0 spiro atoms. The average Bonchev–Trinajstić information content (AvgIpc) is 3.07. The van der Waals surface area contributed by atoms with Crippen molar-refractivity contribution in [3.63, 3.8) is 0 Å². The van der Waals surface area contributed by atoms with Gasteiger partial charge in [-0.2, -0.15) is 5.10 Å². The molecule has 0 aliphatic heterocycles. The quantitative estimate of drug-likeness (QED) is 0.732.